The molecule has 0 aliphatic carbocycles. The number of anilines is 2. The van der Waals surface area contributed by atoms with Gasteiger partial charge in [0.25, 0.3) is 0 Å². The van der Waals surface area contributed by atoms with Gasteiger partial charge in [0.15, 0.2) is 0 Å². The molecule has 0 unspecified atom stereocenters. The molecule has 32 heavy (non-hydrogen) atoms. The van der Waals surface area contributed by atoms with Crippen LogP contribution in [0.2, 0.25) is 0 Å². The second kappa shape index (κ2) is 9.63. The molecule has 2 aromatic rings. The molecule has 0 radical (unpaired) electrons. The van der Waals surface area contributed by atoms with Gasteiger partial charge in [-0.3, -0.25) is 14.6 Å². The highest BCUT2D eigenvalue weighted by molar-refractivity contribution is 7.90. The highest BCUT2D eigenvalue weighted by Gasteiger charge is 2.44. The van der Waals surface area contributed by atoms with Gasteiger partial charge in [-0.1, -0.05) is 12.1 Å². The van der Waals surface area contributed by atoms with Crippen LogP contribution in [0, 0.1) is 0 Å². The topological polar surface area (TPSA) is 121 Å². The van der Waals surface area contributed by atoms with E-state index in [1.165, 1.54) is 4.31 Å². The first-order valence-corrected chi connectivity index (χ1v) is 11.8. The van der Waals surface area contributed by atoms with Crippen molar-refractivity contribution in [3.63, 3.8) is 0 Å². The Hall–Kier alpha value is -3.02. The number of benzene rings is 1. The number of aromatic nitrogens is 1. The second-order valence-electron chi connectivity index (χ2n) is 7.50. The smallest absolute Gasteiger partial charge is 0.305 e. The van der Waals surface area contributed by atoms with Gasteiger partial charge in [0, 0.05) is 32.0 Å². The SMILES string of the molecule is O=C(C[C@@H]1C(=O)Nc2ccccc2N1S(=O)(=O)N1CCOCC1)NCCc1ccncc1. The molecule has 1 atom stereocenters. The number of nitrogens with one attached hydrogen (secondary N) is 2. The maximum Gasteiger partial charge on any atom is 0.305 e. The molecule has 3 heterocycles. The Morgan fingerprint density at radius 2 is 1.88 bits per heavy atom. The van der Waals surface area contributed by atoms with Crippen LogP contribution in [0.1, 0.15) is 12.0 Å². The summed E-state index contributed by atoms with van der Waals surface area (Å²) < 4.78 is 34.7. The first-order chi connectivity index (χ1) is 15.5. The summed E-state index contributed by atoms with van der Waals surface area (Å²) in [5.41, 5.74) is 1.75. The van der Waals surface area contributed by atoms with Gasteiger partial charge in [-0.05, 0) is 36.2 Å². The van der Waals surface area contributed by atoms with Crippen molar-refractivity contribution in [2.75, 3.05) is 42.5 Å². The minimum Gasteiger partial charge on any atom is -0.379 e. The number of ether oxygens (including phenoxy) is 1. The summed E-state index contributed by atoms with van der Waals surface area (Å²) in [6.07, 6.45) is 3.66. The number of morpholine rings is 1. The number of hydrogen-bond acceptors (Lipinski definition) is 6. The number of pyridine rings is 1. The Labute approximate surface area is 186 Å². The van der Waals surface area contributed by atoms with E-state index in [0.717, 1.165) is 9.87 Å². The molecule has 2 aliphatic heterocycles. The molecule has 11 heteroatoms. The van der Waals surface area contributed by atoms with E-state index in [0.29, 0.717) is 24.3 Å². The monoisotopic (exact) mass is 459 g/mol. The van der Waals surface area contributed by atoms with Crippen LogP contribution in [0.4, 0.5) is 11.4 Å². The number of hydrogen-bond donors (Lipinski definition) is 2. The fourth-order valence-electron chi connectivity index (χ4n) is 3.77. The van der Waals surface area contributed by atoms with E-state index < -0.39 is 28.1 Å². The largest absolute Gasteiger partial charge is 0.379 e. The van der Waals surface area contributed by atoms with Crippen molar-refractivity contribution in [2.24, 2.45) is 0 Å². The molecule has 10 nitrogen and oxygen atoms in total. The number of nitrogens with zero attached hydrogens (tertiary/aromatic N) is 3. The van der Waals surface area contributed by atoms with Gasteiger partial charge < -0.3 is 15.4 Å². The average molecular weight is 460 g/mol. The van der Waals surface area contributed by atoms with Crippen LogP contribution in [0.3, 0.4) is 0 Å². The van der Waals surface area contributed by atoms with Gasteiger partial charge in [-0.25, -0.2) is 4.31 Å². The predicted molar refractivity (Wildman–Crippen MR) is 118 cm³/mol. The zero-order valence-corrected chi connectivity index (χ0v) is 18.3. The first-order valence-electron chi connectivity index (χ1n) is 10.4. The molecule has 0 bridgehead atoms. The zero-order valence-electron chi connectivity index (χ0n) is 17.4. The lowest BCUT2D eigenvalue weighted by atomic mass is 10.1. The third-order valence-electron chi connectivity index (χ3n) is 5.39. The van der Waals surface area contributed by atoms with Gasteiger partial charge in [-0.15, -0.1) is 0 Å². The van der Waals surface area contributed by atoms with Crippen LogP contribution in [-0.4, -0.2) is 68.4 Å². The molecular formula is C21H25N5O5S. The molecule has 2 amide bonds. The molecular weight excluding hydrogens is 434 g/mol. The Bertz CT molecular complexity index is 1070. The summed E-state index contributed by atoms with van der Waals surface area (Å²) in [5.74, 6) is -0.939. The lowest BCUT2D eigenvalue weighted by molar-refractivity contribution is -0.125. The summed E-state index contributed by atoms with van der Waals surface area (Å²) >= 11 is 0. The Morgan fingerprint density at radius 3 is 2.62 bits per heavy atom. The highest BCUT2D eigenvalue weighted by Crippen LogP contribution is 2.36. The van der Waals surface area contributed by atoms with Gasteiger partial charge in [0.2, 0.25) is 11.8 Å². The Morgan fingerprint density at radius 1 is 1.16 bits per heavy atom. The Balaban J connectivity index is 1.53. The third-order valence-corrected chi connectivity index (χ3v) is 7.36. The van der Waals surface area contributed by atoms with Gasteiger partial charge in [0.05, 0.1) is 31.0 Å². The quantitative estimate of drug-likeness (QED) is 0.623. The molecule has 1 aromatic heterocycles. The molecule has 1 fully saturated rings. The van der Waals surface area contributed by atoms with Crippen molar-refractivity contribution < 1.29 is 22.7 Å². The lowest BCUT2D eigenvalue weighted by Gasteiger charge is -2.40. The molecule has 170 valence electrons. The highest BCUT2D eigenvalue weighted by atomic mass is 32.2. The van der Waals surface area contributed by atoms with E-state index in [1.54, 1.807) is 36.7 Å². The summed E-state index contributed by atoms with van der Waals surface area (Å²) in [6, 6.07) is 9.19. The molecule has 1 aromatic carbocycles. The summed E-state index contributed by atoms with van der Waals surface area (Å²) in [4.78, 5) is 29.5. The molecule has 0 saturated carbocycles. The maximum atomic E-state index is 13.5. The minimum atomic E-state index is -4.05. The van der Waals surface area contributed by atoms with Crippen molar-refractivity contribution in [3.05, 3.63) is 54.4 Å². The number of carbonyl (C=O) groups excluding carboxylic acids is 2. The molecule has 0 spiro atoms. The number of carbonyl (C=O) groups is 2. The number of amides is 2. The summed E-state index contributed by atoms with van der Waals surface area (Å²) in [7, 11) is -4.05. The molecule has 2 N–H and O–H groups in total. The van der Waals surface area contributed by atoms with E-state index in [9.17, 15) is 18.0 Å². The van der Waals surface area contributed by atoms with Crippen molar-refractivity contribution in [3.8, 4) is 0 Å². The van der Waals surface area contributed by atoms with E-state index in [4.69, 9.17) is 4.74 Å². The summed E-state index contributed by atoms with van der Waals surface area (Å²) in [5, 5.41) is 5.51. The van der Waals surface area contributed by atoms with E-state index in [2.05, 4.69) is 15.6 Å². The first kappa shape index (κ1) is 22.2. The van der Waals surface area contributed by atoms with Crippen LogP contribution in [0.5, 0.6) is 0 Å². The maximum absolute atomic E-state index is 13.5. The van der Waals surface area contributed by atoms with Gasteiger partial charge in [-0.2, -0.15) is 12.7 Å². The molecule has 1 saturated heterocycles. The van der Waals surface area contributed by atoms with Gasteiger partial charge >= 0.3 is 10.2 Å². The number of para-hydroxylation sites is 2. The lowest BCUT2D eigenvalue weighted by Crippen LogP contribution is -2.58. The van der Waals surface area contributed by atoms with Crippen molar-refractivity contribution in [1.82, 2.24) is 14.6 Å². The second-order valence-corrected chi connectivity index (χ2v) is 9.30. The van der Waals surface area contributed by atoms with Crippen LogP contribution in [-0.2, 0) is 31.0 Å². The van der Waals surface area contributed by atoms with Crippen LogP contribution < -0.4 is 14.9 Å². The van der Waals surface area contributed by atoms with Crippen molar-refractivity contribution in [2.45, 2.75) is 18.9 Å². The number of fused-ring (bicyclic) bond motifs is 1. The van der Waals surface area contributed by atoms with E-state index in [-0.39, 0.29) is 32.7 Å². The fraction of sp³-hybridized carbons (Fsp3) is 0.381. The van der Waals surface area contributed by atoms with E-state index in [1.807, 2.05) is 12.1 Å². The van der Waals surface area contributed by atoms with Crippen LogP contribution in [0.15, 0.2) is 48.8 Å². The number of rotatable bonds is 7. The summed E-state index contributed by atoms with van der Waals surface area (Å²) in [6.45, 7) is 1.30. The van der Waals surface area contributed by atoms with Crippen molar-refractivity contribution in [1.29, 1.82) is 0 Å². The normalized spacial score (nSPS) is 19.2. The van der Waals surface area contributed by atoms with Crippen molar-refractivity contribution >= 4 is 33.4 Å². The predicted octanol–water partition coefficient (Wildman–Crippen LogP) is 0.535. The standard InChI is InChI=1S/C21H25N5O5S/c27-20(23-10-7-16-5-8-22-9-6-16)15-19-21(28)24-17-3-1-2-4-18(17)26(19)32(29,30)25-11-13-31-14-12-25/h1-6,8-9,19H,7,10-15H2,(H,23,27)(H,24,28)/t19-/m1/s1. The third kappa shape index (κ3) is 4.74. The Kier molecular flexibility index (Phi) is 6.68. The minimum absolute atomic E-state index is 0.188. The van der Waals surface area contributed by atoms with Crippen LogP contribution >= 0.6 is 0 Å². The fourth-order valence-corrected chi connectivity index (χ4v) is 5.53. The molecule has 4 rings (SSSR count). The average Bonchev–Trinajstić information content (AvgIpc) is 2.80. The van der Waals surface area contributed by atoms with Gasteiger partial charge in [0.1, 0.15) is 6.04 Å². The zero-order chi connectivity index (χ0) is 22.6. The van der Waals surface area contributed by atoms with E-state index >= 15 is 0 Å². The molecule has 2 aliphatic rings. The van der Waals surface area contributed by atoms with Crippen LogP contribution in [0.25, 0.3) is 0 Å².